The van der Waals surface area contributed by atoms with Crippen LogP contribution in [0.5, 0.6) is 0 Å². The Labute approximate surface area is 198 Å². The van der Waals surface area contributed by atoms with Gasteiger partial charge in [-0.25, -0.2) is 8.42 Å². The third-order valence-electron chi connectivity index (χ3n) is 5.94. The van der Waals surface area contributed by atoms with Gasteiger partial charge in [-0.1, -0.05) is 5.16 Å². The number of hydrogen-bond donors (Lipinski definition) is 1. The number of carbonyl (C=O) groups is 2. The van der Waals surface area contributed by atoms with E-state index in [0.29, 0.717) is 82.6 Å². The summed E-state index contributed by atoms with van der Waals surface area (Å²) >= 11 is 0. The minimum atomic E-state index is -3.59. The molecular weight excluding hydrogens is 462 g/mol. The lowest BCUT2D eigenvalue weighted by Crippen LogP contribution is -2.50. The monoisotopic (exact) mass is 491 g/mol. The molecule has 0 radical (unpaired) electrons. The second-order valence-electron chi connectivity index (χ2n) is 8.25. The number of benzene rings is 1. The standard InChI is InChI=1S/C22H29N5O6S/c1-17-16-20(24-33-17)22(29)26-10-8-25(9-11-26)7-6-23-21(28)18-2-4-19(5-3-18)34(30,31)27-12-14-32-15-13-27/h2-5,16H,6-15H2,1H3,(H,23,28). The second-order valence-corrected chi connectivity index (χ2v) is 10.2. The predicted molar refractivity (Wildman–Crippen MR) is 122 cm³/mol. The van der Waals surface area contributed by atoms with Crippen molar-refractivity contribution in [3.8, 4) is 0 Å². The third-order valence-corrected chi connectivity index (χ3v) is 7.86. The van der Waals surface area contributed by atoms with Gasteiger partial charge in [-0.3, -0.25) is 14.5 Å². The van der Waals surface area contributed by atoms with Gasteiger partial charge in [0.25, 0.3) is 11.8 Å². The topological polar surface area (TPSA) is 125 Å². The van der Waals surface area contributed by atoms with Crippen molar-refractivity contribution < 1.29 is 27.3 Å². The molecule has 2 saturated heterocycles. The molecule has 4 rings (SSSR count). The molecular formula is C22H29N5O6S. The van der Waals surface area contributed by atoms with Crippen LogP contribution in [0.3, 0.4) is 0 Å². The van der Waals surface area contributed by atoms with Gasteiger partial charge in [0.2, 0.25) is 10.0 Å². The van der Waals surface area contributed by atoms with Crippen molar-refractivity contribution >= 4 is 21.8 Å². The summed E-state index contributed by atoms with van der Waals surface area (Å²) in [6.07, 6.45) is 0. The number of sulfonamides is 1. The number of nitrogens with one attached hydrogen (secondary N) is 1. The summed E-state index contributed by atoms with van der Waals surface area (Å²) in [7, 11) is -3.59. The van der Waals surface area contributed by atoms with Gasteiger partial charge in [0.05, 0.1) is 18.1 Å². The van der Waals surface area contributed by atoms with Crippen molar-refractivity contribution in [1.82, 2.24) is 24.6 Å². The zero-order valence-corrected chi connectivity index (χ0v) is 19.9. The number of carbonyl (C=O) groups excluding carboxylic acids is 2. The van der Waals surface area contributed by atoms with E-state index in [1.807, 2.05) is 0 Å². The van der Waals surface area contributed by atoms with Crippen LogP contribution < -0.4 is 5.32 Å². The van der Waals surface area contributed by atoms with Crippen molar-refractivity contribution in [3.63, 3.8) is 0 Å². The highest BCUT2D eigenvalue weighted by atomic mass is 32.2. The Morgan fingerprint density at radius 3 is 2.32 bits per heavy atom. The van der Waals surface area contributed by atoms with Crippen LogP contribution >= 0.6 is 0 Å². The number of piperazine rings is 1. The first-order chi connectivity index (χ1) is 16.3. The van der Waals surface area contributed by atoms with Crippen LogP contribution in [0.1, 0.15) is 26.6 Å². The quantitative estimate of drug-likeness (QED) is 0.582. The third kappa shape index (κ3) is 5.63. The fraction of sp³-hybridized carbons (Fsp3) is 0.500. The largest absolute Gasteiger partial charge is 0.379 e. The molecule has 0 aliphatic carbocycles. The summed E-state index contributed by atoms with van der Waals surface area (Å²) in [6.45, 7) is 6.83. The maximum absolute atomic E-state index is 12.7. The summed E-state index contributed by atoms with van der Waals surface area (Å²) in [4.78, 5) is 29.0. The van der Waals surface area contributed by atoms with E-state index in [-0.39, 0.29) is 16.7 Å². The van der Waals surface area contributed by atoms with Gasteiger partial charge in [0, 0.05) is 64.0 Å². The Hall–Kier alpha value is -2.80. The Balaban J connectivity index is 1.21. The summed E-state index contributed by atoms with van der Waals surface area (Å²) < 4.78 is 37.0. The molecule has 2 aromatic rings. The molecule has 0 bridgehead atoms. The van der Waals surface area contributed by atoms with Crippen molar-refractivity contribution in [2.24, 2.45) is 0 Å². The molecule has 11 nitrogen and oxygen atoms in total. The van der Waals surface area contributed by atoms with Crippen LogP contribution in [0.15, 0.2) is 39.8 Å². The highest BCUT2D eigenvalue weighted by Gasteiger charge is 2.27. The summed E-state index contributed by atoms with van der Waals surface area (Å²) in [5.74, 6) is 0.209. The summed E-state index contributed by atoms with van der Waals surface area (Å²) in [5, 5.41) is 6.65. The number of hydrogen-bond acceptors (Lipinski definition) is 8. The van der Waals surface area contributed by atoms with E-state index in [4.69, 9.17) is 9.26 Å². The van der Waals surface area contributed by atoms with Crippen molar-refractivity contribution in [3.05, 3.63) is 47.3 Å². The SMILES string of the molecule is Cc1cc(C(=O)N2CCN(CCNC(=O)c3ccc(S(=O)(=O)N4CCOCC4)cc3)CC2)no1. The minimum Gasteiger partial charge on any atom is -0.379 e. The van der Waals surface area contributed by atoms with E-state index in [0.717, 1.165) is 0 Å². The number of aryl methyl sites for hydroxylation is 1. The number of nitrogens with zero attached hydrogens (tertiary/aromatic N) is 4. The van der Waals surface area contributed by atoms with E-state index < -0.39 is 10.0 Å². The number of morpholine rings is 1. The van der Waals surface area contributed by atoms with Gasteiger partial charge >= 0.3 is 0 Å². The van der Waals surface area contributed by atoms with Gasteiger partial charge in [-0.2, -0.15) is 4.31 Å². The molecule has 2 amide bonds. The zero-order chi connectivity index (χ0) is 24.1. The van der Waals surface area contributed by atoms with Crippen LogP contribution in [-0.4, -0.2) is 105 Å². The average molecular weight is 492 g/mol. The van der Waals surface area contributed by atoms with E-state index in [2.05, 4.69) is 15.4 Å². The minimum absolute atomic E-state index is 0.135. The molecule has 0 saturated carbocycles. The van der Waals surface area contributed by atoms with Crippen LogP contribution in [0.4, 0.5) is 0 Å². The lowest BCUT2D eigenvalue weighted by atomic mass is 10.2. The van der Waals surface area contributed by atoms with Crippen molar-refractivity contribution in [1.29, 1.82) is 0 Å². The van der Waals surface area contributed by atoms with Crippen molar-refractivity contribution in [2.45, 2.75) is 11.8 Å². The Bertz CT molecular complexity index is 1100. The fourth-order valence-corrected chi connectivity index (χ4v) is 5.36. The molecule has 1 N–H and O–H groups in total. The molecule has 0 spiro atoms. The van der Waals surface area contributed by atoms with E-state index in [1.165, 1.54) is 28.6 Å². The Kier molecular flexibility index (Phi) is 7.61. The first-order valence-electron chi connectivity index (χ1n) is 11.3. The summed E-state index contributed by atoms with van der Waals surface area (Å²) in [6, 6.07) is 7.62. The highest BCUT2D eigenvalue weighted by molar-refractivity contribution is 7.89. The molecule has 12 heteroatoms. The summed E-state index contributed by atoms with van der Waals surface area (Å²) in [5.41, 5.74) is 0.723. The van der Waals surface area contributed by atoms with E-state index in [9.17, 15) is 18.0 Å². The van der Waals surface area contributed by atoms with Crippen LogP contribution in [0.2, 0.25) is 0 Å². The Morgan fingerprint density at radius 2 is 1.71 bits per heavy atom. The van der Waals surface area contributed by atoms with Crippen LogP contribution in [0.25, 0.3) is 0 Å². The van der Waals surface area contributed by atoms with Gasteiger partial charge in [0.15, 0.2) is 5.69 Å². The number of ether oxygens (including phenoxy) is 1. The first-order valence-corrected chi connectivity index (χ1v) is 12.7. The number of aromatic nitrogens is 1. The van der Waals surface area contributed by atoms with Gasteiger partial charge < -0.3 is 19.5 Å². The van der Waals surface area contributed by atoms with Crippen LogP contribution in [0, 0.1) is 6.92 Å². The molecule has 0 atom stereocenters. The van der Waals surface area contributed by atoms with E-state index >= 15 is 0 Å². The van der Waals surface area contributed by atoms with Gasteiger partial charge in [-0.05, 0) is 31.2 Å². The molecule has 2 aliphatic heterocycles. The molecule has 2 fully saturated rings. The number of rotatable bonds is 7. The average Bonchev–Trinajstić information content (AvgIpc) is 3.31. The predicted octanol–water partition coefficient (Wildman–Crippen LogP) is 0.192. The van der Waals surface area contributed by atoms with Gasteiger partial charge in [0.1, 0.15) is 5.76 Å². The normalized spacial score (nSPS) is 18.1. The molecule has 3 heterocycles. The molecule has 1 aromatic carbocycles. The smallest absolute Gasteiger partial charge is 0.276 e. The van der Waals surface area contributed by atoms with Crippen LogP contribution in [-0.2, 0) is 14.8 Å². The number of amides is 2. The molecule has 184 valence electrons. The second kappa shape index (κ2) is 10.6. The lowest BCUT2D eigenvalue weighted by molar-refractivity contribution is 0.0628. The highest BCUT2D eigenvalue weighted by Crippen LogP contribution is 2.17. The first kappa shape index (κ1) is 24.3. The molecule has 0 unspecified atom stereocenters. The maximum atomic E-state index is 12.7. The Morgan fingerprint density at radius 1 is 1.03 bits per heavy atom. The maximum Gasteiger partial charge on any atom is 0.276 e. The lowest BCUT2D eigenvalue weighted by Gasteiger charge is -2.34. The van der Waals surface area contributed by atoms with Gasteiger partial charge in [-0.15, -0.1) is 0 Å². The fourth-order valence-electron chi connectivity index (χ4n) is 3.95. The molecule has 2 aliphatic rings. The molecule has 1 aromatic heterocycles. The molecule has 34 heavy (non-hydrogen) atoms. The zero-order valence-electron chi connectivity index (χ0n) is 19.1. The van der Waals surface area contributed by atoms with E-state index in [1.54, 1.807) is 17.9 Å². The van der Waals surface area contributed by atoms with Crippen molar-refractivity contribution in [2.75, 3.05) is 65.6 Å².